The minimum Gasteiger partial charge on any atom is -0.367 e. The van der Waals surface area contributed by atoms with Crippen molar-refractivity contribution < 1.29 is 5.21 Å². The molecule has 0 bridgehead atoms. The van der Waals surface area contributed by atoms with Crippen molar-refractivity contribution >= 4 is 23.4 Å². The summed E-state index contributed by atoms with van der Waals surface area (Å²) in [5.74, 6) is 0.572. The number of nitrogens with two attached hydrogens (primary N) is 1. The first-order valence-corrected chi connectivity index (χ1v) is 7.68. The molecular formula is C13H18N4OS. The van der Waals surface area contributed by atoms with Crippen molar-refractivity contribution in [3.05, 3.63) is 23.3 Å². The Bertz CT molecular complexity index is 532. The minimum absolute atomic E-state index is 0.0290. The molecule has 1 aliphatic heterocycles. The van der Waals surface area contributed by atoms with E-state index in [0.29, 0.717) is 5.92 Å². The highest BCUT2D eigenvalue weighted by Crippen LogP contribution is 2.47. The number of anilines is 1. The van der Waals surface area contributed by atoms with E-state index >= 15 is 0 Å². The van der Waals surface area contributed by atoms with Crippen LogP contribution in [0.2, 0.25) is 0 Å². The Labute approximate surface area is 116 Å². The van der Waals surface area contributed by atoms with Crippen LogP contribution >= 0.6 is 11.8 Å². The van der Waals surface area contributed by atoms with Gasteiger partial charge in [0.15, 0.2) is 0 Å². The van der Waals surface area contributed by atoms with Crippen LogP contribution in [0.1, 0.15) is 29.9 Å². The molecule has 6 heteroatoms. The standard InChI is InChI=1S/C13H18N4OS/c1-19-11-6-5-10-12-8(3-2-4-9(11)12)7-17(10)15-13(14)16-18/h5-6,8,18H,2-4,7H2,1H3,(H3,14,15,16). The number of hydrogen-bond donors (Lipinski definition) is 3. The molecule has 102 valence electrons. The Morgan fingerprint density at radius 1 is 1.58 bits per heavy atom. The molecule has 0 aromatic heterocycles. The Kier molecular flexibility index (Phi) is 3.28. The van der Waals surface area contributed by atoms with E-state index < -0.39 is 0 Å². The second kappa shape index (κ2) is 4.94. The number of thioether (sulfide) groups is 1. The predicted octanol–water partition coefficient (Wildman–Crippen LogP) is 1.86. The van der Waals surface area contributed by atoms with E-state index in [-0.39, 0.29) is 5.96 Å². The summed E-state index contributed by atoms with van der Waals surface area (Å²) in [6.45, 7) is 0.850. The third-order valence-electron chi connectivity index (χ3n) is 3.91. The average molecular weight is 278 g/mol. The van der Waals surface area contributed by atoms with Crippen LogP contribution in [0.3, 0.4) is 0 Å². The fourth-order valence-electron chi connectivity index (χ4n) is 3.17. The highest BCUT2D eigenvalue weighted by Gasteiger charge is 2.34. The van der Waals surface area contributed by atoms with E-state index in [4.69, 9.17) is 10.9 Å². The summed E-state index contributed by atoms with van der Waals surface area (Å²) in [7, 11) is 0. The smallest absolute Gasteiger partial charge is 0.235 e. The second-order valence-corrected chi connectivity index (χ2v) is 5.80. The van der Waals surface area contributed by atoms with E-state index in [2.05, 4.69) is 23.5 Å². The molecule has 0 saturated heterocycles. The van der Waals surface area contributed by atoms with Crippen LogP contribution in [0.25, 0.3) is 0 Å². The SMILES string of the molecule is CSc1ccc2c3c1CCCC3CN2N=C(N)NO. The lowest BCUT2D eigenvalue weighted by Crippen LogP contribution is -2.32. The van der Waals surface area contributed by atoms with Gasteiger partial charge in [0.1, 0.15) is 0 Å². The van der Waals surface area contributed by atoms with E-state index in [1.807, 2.05) is 22.3 Å². The van der Waals surface area contributed by atoms with Gasteiger partial charge in [-0.3, -0.25) is 10.2 Å². The van der Waals surface area contributed by atoms with Gasteiger partial charge < -0.3 is 5.73 Å². The summed E-state index contributed by atoms with van der Waals surface area (Å²) >= 11 is 1.81. The van der Waals surface area contributed by atoms with Gasteiger partial charge in [0.25, 0.3) is 0 Å². The number of nitrogens with one attached hydrogen (secondary N) is 1. The maximum Gasteiger partial charge on any atom is 0.235 e. The van der Waals surface area contributed by atoms with Crippen LogP contribution in [0.15, 0.2) is 22.1 Å². The molecule has 0 radical (unpaired) electrons. The topological polar surface area (TPSA) is 73.9 Å². The van der Waals surface area contributed by atoms with Crippen LogP contribution in [-0.4, -0.2) is 24.0 Å². The van der Waals surface area contributed by atoms with E-state index in [1.165, 1.54) is 28.9 Å². The van der Waals surface area contributed by atoms with Crippen LogP contribution in [-0.2, 0) is 6.42 Å². The Morgan fingerprint density at radius 2 is 2.42 bits per heavy atom. The third kappa shape index (κ3) is 2.04. The second-order valence-electron chi connectivity index (χ2n) is 4.95. The Balaban J connectivity index is 2.06. The molecule has 0 amide bonds. The number of hydrazone groups is 1. The zero-order valence-corrected chi connectivity index (χ0v) is 11.7. The van der Waals surface area contributed by atoms with Gasteiger partial charge in [-0.15, -0.1) is 16.9 Å². The van der Waals surface area contributed by atoms with Crippen molar-refractivity contribution in [2.24, 2.45) is 10.8 Å². The number of hydrogen-bond acceptors (Lipinski definition) is 4. The fourth-order valence-corrected chi connectivity index (χ4v) is 3.83. The maximum atomic E-state index is 8.78. The highest BCUT2D eigenvalue weighted by molar-refractivity contribution is 7.98. The summed E-state index contributed by atoms with van der Waals surface area (Å²) in [6, 6.07) is 4.28. The molecule has 1 aliphatic carbocycles. The lowest BCUT2D eigenvalue weighted by molar-refractivity contribution is 0.232. The number of benzene rings is 1. The number of rotatable bonds is 2. The summed E-state index contributed by atoms with van der Waals surface area (Å²) < 4.78 is 0. The van der Waals surface area contributed by atoms with Crippen LogP contribution in [0, 0.1) is 0 Å². The Hall–Kier alpha value is -1.40. The zero-order valence-electron chi connectivity index (χ0n) is 10.9. The molecule has 1 atom stereocenters. The largest absolute Gasteiger partial charge is 0.367 e. The van der Waals surface area contributed by atoms with E-state index in [1.54, 1.807) is 0 Å². The fraction of sp³-hybridized carbons (Fsp3) is 0.462. The van der Waals surface area contributed by atoms with Crippen molar-refractivity contribution in [2.75, 3.05) is 17.8 Å². The molecule has 1 aromatic rings. The molecule has 5 nitrogen and oxygen atoms in total. The molecule has 0 fully saturated rings. The van der Waals surface area contributed by atoms with Crippen molar-refractivity contribution in [3.63, 3.8) is 0 Å². The number of guanidine groups is 1. The van der Waals surface area contributed by atoms with Crippen molar-refractivity contribution in [2.45, 2.75) is 30.1 Å². The van der Waals surface area contributed by atoms with Crippen LogP contribution in [0.5, 0.6) is 0 Å². The van der Waals surface area contributed by atoms with Gasteiger partial charge >= 0.3 is 0 Å². The molecule has 19 heavy (non-hydrogen) atoms. The normalized spacial score (nSPS) is 21.5. The number of hydroxylamine groups is 1. The minimum atomic E-state index is 0.0290. The average Bonchev–Trinajstić information content (AvgIpc) is 2.79. The number of nitrogens with zero attached hydrogens (tertiary/aromatic N) is 2. The first-order chi connectivity index (χ1) is 9.24. The predicted molar refractivity (Wildman–Crippen MR) is 77.8 cm³/mol. The maximum absolute atomic E-state index is 8.78. The van der Waals surface area contributed by atoms with Gasteiger partial charge in [-0.05, 0) is 48.8 Å². The molecule has 0 spiro atoms. The summed E-state index contributed by atoms with van der Waals surface area (Å²) in [4.78, 5) is 1.38. The lowest BCUT2D eigenvalue weighted by Gasteiger charge is -2.22. The van der Waals surface area contributed by atoms with Crippen LogP contribution in [0.4, 0.5) is 5.69 Å². The third-order valence-corrected chi connectivity index (χ3v) is 4.74. The van der Waals surface area contributed by atoms with Gasteiger partial charge in [-0.25, -0.2) is 5.48 Å². The molecule has 1 unspecified atom stereocenters. The van der Waals surface area contributed by atoms with Crippen molar-refractivity contribution in [1.82, 2.24) is 5.48 Å². The summed E-state index contributed by atoms with van der Waals surface area (Å²) in [6.07, 6.45) is 5.72. The first-order valence-electron chi connectivity index (χ1n) is 6.46. The van der Waals surface area contributed by atoms with Gasteiger partial charge in [0.2, 0.25) is 5.96 Å². The molecule has 4 N–H and O–H groups in total. The quantitative estimate of drug-likeness (QED) is 0.333. The molecule has 3 rings (SSSR count). The van der Waals surface area contributed by atoms with Gasteiger partial charge in [-0.2, -0.15) is 0 Å². The molecular weight excluding hydrogens is 260 g/mol. The van der Waals surface area contributed by atoms with Gasteiger partial charge in [0.05, 0.1) is 5.69 Å². The summed E-state index contributed by atoms with van der Waals surface area (Å²) in [5.41, 5.74) is 11.5. The highest BCUT2D eigenvalue weighted by atomic mass is 32.2. The van der Waals surface area contributed by atoms with Crippen molar-refractivity contribution in [1.29, 1.82) is 0 Å². The van der Waals surface area contributed by atoms with Crippen LogP contribution < -0.4 is 16.2 Å². The van der Waals surface area contributed by atoms with E-state index in [9.17, 15) is 0 Å². The molecule has 1 aromatic carbocycles. The monoisotopic (exact) mass is 278 g/mol. The molecule has 2 aliphatic rings. The van der Waals surface area contributed by atoms with E-state index in [0.717, 1.165) is 18.7 Å². The summed E-state index contributed by atoms with van der Waals surface area (Å²) in [5, 5.41) is 14.9. The zero-order chi connectivity index (χ0) is 13.4. The lowest BCUT2D eigenvalue weighted by atomic mass is 9.84. The van der Waals surface area contributed by atoms with Gasteiger partial charge in [-0.1, -0.05) is 0 Å². The Morgan fingerprint density at radius 3 is 3.16 bits per heavy atom. The van der Waals surface area contributed by atoms with Crippen molar-refractivity contribution in [3.8, 4) is 0 Å². The molecule has 0 saturated carbocycles. The first kappa shape index (κ1) is 12.6. The van der Waals surface area contributed by atoms with Gasteiger partial charge in [0, 0.05) is 17.4 Å². The molecule has 1 heterocycles.